The minimum absolute atomic E-state index is 0.00829. The van der Waals surface area contributed by atoms with Gasteiger partial charge in [0, 0.05) is 12.5 Å². The maximum Gasteiger partial charge on any atom is 0.261 e. The molecule has 1 heterocycles. The average Bonchev–Trinajstić information content (AvgIpc) is 2.76. The number of thiophene rings is 1. The molecule has 0 aromatic carbocycles. The van der Waals surface area contributed by atoms with Gasteiger partial charge in [-0.25, -0.2) is 0 Å². The smallest absolute Gasteiger partial charge is 0.261 e. The van der Waals surface area contributed by atoms with Crippen LogP contribution < -0.4 is 5.32 Å². The highest BCUT2D eigenvalue weighted by Crippen LogP contribution is 2.17. The SMILES string of the molecule is C#CCC(CC)NC(=O)c1sccc1CC. The highest BCUT2D eigenvalue weighted by atomic mass is 32.1. The first kappa shape index (κ1) is 12.8. The van der Waals surface area contributed by atoms with Gasteiger partial charge in [-0.15, -0.1) is 23.7 Å². The summed E-state index contributed by atoms with van der Waals surface area (Å²) in [7, 11) is 0. The van der Waals surface area contributed by atoms with Crippen molar-refractivity contribution in [2.45, 2.75) is 39.2 Å². The molecule has 0 saturated heterocycles. The number of carbonyl (C=O) groups excluding carboxylic acids is 1. The number of amides is 1. The summed E-state index contributed by atoms with van der Waals surface area (Å²) in [5, 5.41) is 4.93. The minimum atomic E-state index is 0.00829. The molecule has 1 atom stereocenters. The van der Waals surface area contributed by atoms with Crippen LogP contribution in [-0.4, -0.2) is 11.9 Å². The second-order valence-electron chi connectivity index (χ2n) is 3.62. The van der Waals surface area contributed by atoms with E-state index in [4.69, 9.17) is 6.42 Å². The van der Waals surface area contributed by atoms with Crippen molar-refractivity contribution in [3.8, 4) is 12.3 Å². The Bertz CT molecular complexity index is 389. The monoisotopic (exact) mass is 235 g/mol. The van der Waals surface area contributed by atoms with Crippen LogP contribution >= 0.6 is 11.3 Å². The average molecular weight is 235 g/mol. The highest BCUT2D eigenvalue weighted by Gasteiger charge is 2.15. The van der Waals surface area contributed by atoms with E-state index >= 15 is 0 Å². The molecule has 0 aliphatic carbocycles. The summed E-state index contributed by atoms with van der Waals surface area (Å²) in [5.41, 5.74) is 1.11. The van der Waals surface area contributed by atoms with Crippen LogP contribution in [0.3, 0.4) is 0 Å². The zero-order valence-corrected chi connectivity index (χ0v) is 10.6. The molecule has 1 amide bonds. The fraction of sp³-hybridized carbons (Fsp3) is 0.462. The van der Waals surface area contributed by atoms with E-state index < -0.39 is 0 Å². The van der Waals surface area contributed by atoms with E-state index in [0.29, 0.717) is 6.42 Å². The van der Waals surface area contributed by atoms with Crippen molar-refractivity contribution in [1.82, 2.24) is 5.32 Å². The molecular formula is C13H17NOS. The predicted molar refractivity (Wildman–Crippen MR) is 68.7 cm³/mol. The number of hydrogen-bond acceptors (Lipinski definition) is 2. The van der Waals surface area contributed by atoms with E-state index in [1.165, 1.54) is 11.3 Å². The van der Waals surface area contributed by atoms with E-state index in [0.717, 1.165) is 23.3 Å². The molecule has 2 nitrogen and oxygen atoms in total. The number of terminal acetylenes is 1. The van der Waals surface area contributed by atoms with Crippen molar-refractivity contribution < 1.29 is 4.79 Å². The van der Waals surface area contributed by atoms with Gasteiger partial charge in [0.2, 0.25) is 0 Å². The second kappa shape index (κ2) is 6.34. The number of carbonyl (C=O) groups is 1. The third-order valence-corrected chi connectivity index (χ3v) is 3.48. The molecule has 0 fully saturated rings. The molecule has 0 saturated carbocycles. The number of hydrogen-bond donors (Lipinski definition) is 1. The maximum atomic E-state index is 12.0. The van der Waals surface area contributed by atoms with Gasteiger partial charge in [0.1, 0.15) is 0 Å². The molecule has 1 aromatic rings. The first-order valence-electron chi connectivity index (χ1n) is 5.53. The second-order valence-corrected chi connectivity index (χ2v) is 4.53. The summed E-state index contributed by atoms with van der Waals surface area (Å²) < 4.78 is 0. The van der Waals surface area contributed by atoms with Crippen LogP contribution in [0.2, 0.25) is 0 Å². The minimum Gasteiger partial charge on any atom is -0.348 e. The lowest BCUT2D eigenvalue weighted by Gasteiger charge is -2.13. The predicted octanol–water partition coefficient (Wildman–Crippen LogP) is 2.84. The van der Waals surface area contributed by atoms with Crippen molar-refractivity contribution in [2.75, 3.05) is 0 Å². The molecule has 1 aromatic heterocycles. The molecular weight excluding hydrogens is 218 g/mol. The Morgan fingerprint density at radius 1 is 1.62 bits per heavy atom. The molecule has 0 radical (unpaired) electrons. The normalized spacial score (nSPS) is 11.8. The number of nitrogens with one attached hydrogen (secondary N) is 1. The lowest BCUT2D eigenvalue weighted by molar-refractivity contribution is 0.0940. The van der Waals surface area contributed by atoms with Crippen LogP contribution in [0.25, 0.3) is 0 Å². The Labute approximate surface area is 101 Å². The van der Waals surface area contributed by atoms with Crippen molar-refractivity contribution in [3.63, 3.8) is 0 Å². The van der Waals surface area contributed by atoms with E-state index in [-0.39, 0.29) is 11.9 Å². The van der Waals surface area contributed by atoms with Crippen molar-refractivity contribution >= 4 is 17.2 Å². The zero-order valence-electron chi connectivity index (χ0n) is 9.75. The summed E-state index contributed by atoms with van der Waals surface area (Å²) in [5.74, 6) is 2.59. The van der Waals surface area contributed by atoms with Gasteiger partial charge in [0.05, 0.1) is 4.88 Å². The number of aryl methyl sites for hydroxylation is 1. The number of rotatable bonds is 5. The van der Waals surface area contributed by atoms with Crippen molar-refractivity contribution in [1.29, 1.82) is 0 Å². The van der Waals surface area contributed by atoms with Crippen LogP contribution in [0, 0.1) is 12.3 Å². The Kier molecular flexibility index (Phi) is 5.07. The van der Waals surface area contributed by atoms with Gasteiger partial charge in [-0.1, -0.05) is 13.8 Å². The molecule has 1 N–H and O–H groups in total. The largest absolute Gasteiger partial charge is 0.348 e. The summed E-state index contributed by atoms with van der Waals surface area (Å²) >= 11 is 1.49. The first-order chi connectivity index (χ1) is 7.72. The van der Waals surface area contributed by atoms with E-state index in [2.05, 4.69) is 18.2 Å². The highest BCUT2D eigenvalue weighted by molar-refractivity contribution is 7.12. The fourth-order valence-corrected chi connectivity index (χ4v) is 2.40. The van der Waals surface area contributed by atoms with Gasteiger partial charge in [-0.3, -0.25) is 4.79 Å². The fourth-order valence-electron chi connectivity index (χ4n) is 1.50. The summed E-state index contributed by atoms with van der Waals surface area (Å²) in [6, 6.07) is 2.09. The quantitative estimate of drug-likeness (QED) is 0.781. The van der Waals surface area contributed by atoms with Gasteiger partial charge < -0.3 is 5.32 Å². The van der Waals surface area contributed by atoms with Crippen LogP contribution in [0.15, 0.2) is 11.4 Å². The zero-order chi connectivity index (χ0) is 12.0. The van der Waals surface area contributed by atoms with Gasteiger partial charge >= 0.3 is 0 Å². The Morgan fingerprint density at radius 2 is 2.38 bits per heavy atom. The lowest BCUT2D eigenvalue weighted by atomic mass is 10.1. The molecule has 0 aliphatic heterocycles. The molecule has 16 heavy (non-hydrogen) atoms. The Morgan fingerprint density at radius 3 is 2.94 bits per heavy atom. The summed E-state index contributed by atoms with van der Waals surface area (Å²) in [6.07, 6.45) is 7.60. The van der Waals surface area contributed by atoms with Gasteiger partial charge in [0.15, 0.2) is 0 Å². The van der Waals surface area contributed by atoms with Crippen molar-refractivity contribution in [3.05, 3.63) is 21.9 Å². The van der Waals surface area contributed by atoms with Gasteiger partial charge in [-0.2, -0.15) is 0 Å². The van der Waals surface area contributed by atoms with Crippen molar-refractivity contribution in [2.24, 2.45) is 0 Å². The Hall–Kier alpha value is -1.27. The first-order valence-corrected chi connectivity index (χ1v) is 6.41. The Balaban J connectivity index is 2.68. The van der Waals surface area contributed by atoms with Crippen LogP contribution in [0.5, 0.6) is 0 Å². The third kappa shape index (κ3) is 3.11. The topological polar surface area (TPSA) is 29.1 Å². The van der Waals surface area contributed by atoms with Crippen LogP contribution in [0.4, 0.5) is 0 Å². The van der Waals surface area contributed by atoms with E-state index in [9.17, 15) is 4.79 Å². The molecule has 0 aliphatic rings. The van der Waals surface area contributed by atoms with Crippen LogP contribution in [-0.2, 0) is 6.42 Å². The third-order valence-electron chi connectivity index (χ3n) is 2.53. The molecule has 0 spiro atoms. The maximum absolute atomic E-state index is 12.0. The molecule has 1 unspecified atom stereocenters. The molecule has 1 rings (SSSR count). The molecule has 86 valence electrons. The van der Waals surface area contributed by atoms with Gasteiger partial charge in [-0.05, 0) is 29.9 Å². The molecule has 0 bridgehead atoms. The standard InChI is InChI=1S/C13H17NOS/c1-4-7-11(6-3)14-13(15)12-10(5-2)8-9-16-12/h1,8-9,11H,5-7H2,2-3H3,(H,14,15). The summed E-state index contributed by atoms with van der Waals surface area (Å²) in [4.78, 5) is 12.8. The van der Waals surface area contributed by atoms with E-state index in [1.54, 1.807) is 0 Å². The van der Waals surface area contributed by atoms with Crippen LogP contribution in [0.1, 0.15) is 41.9 Å². The lowest BCUT2D eigenvalue weighted by Crippen LogP contribution is -2.34. The molecule has 3 heteroatoms. The van der Waals surface area contributed by atoms with Gasteiger partial charge in [0.25, 0.3) is 5.91 Å². The van der Waals surface area contributed by atoms with E-state index in [1.807, 2.05) is 18.4 Å². The summed E-state index contributed by atoms with van der Waals surface area (Å²) in [6.45, 7) is 4.08.